The van der Waals surface area contributed by atoms with Crippen LogP contribution in [0.25, 0.3) is 21.8 Å². The third kappa shape index (κ3) is 15.7. The number of aromatic nitrogens is 4. The number of nitrogens with zero attached hydrogens (tertiary/aromatic N) is 4. The van der Waals surface area contributed by atoms with Crippen LogP contribution in [0.4, 0.5) is 43.5 Å². The predicted octanol–water partition coefficient (Wildman–Crippen LogP) is 15.4. The predicted molar refractivity (Wildman–Crippen MR) is 303 cm³/mol. The number of nitrogens with two attached hydrogens (primary N) is 1. The third-order valence-corrected chi connectivity index (χ3v) is 12.6. The number of carbonyl (C=O) groups excluding carboxylic acids is 2. The van der Waals surface area contributed by atoms with Crippen LogP contribution in [0.2, 0.25) is 5.15 Å². The SMILES string of the molecule is COc1cc2ncnc(Cl)c2cc1OC.COc1cc2ncnc(Nc3ccc(Oc4cccc(CC(=O)c5cccc(C(F)(F)F)c5)c4)cc3)c2cc1OC.Nc1ccc(Oc2cccc(CC(=O)c3cccc(C(F)(F)F)c3)c2)cc1. The molecule has 0 bridgehead atoms. The minimum atomic E-state index is -4.51. The zero-order valence-corrected chi connectivity index (χ0v) is 45.3. The zero-order chi connectivity index (χ0) is 59.3. The first kappa shape index (κ1) is 59.2. The Hall–Kier alpha value is -9.95. The van der Waals surface area contributed by atoms with Crippen LogP contribution in [-0.2, 0) is 25.2 Å². The first-order valence-electron chi connectivity index (χ1n) is 24.9. The Labute approximate surface area is 476 Å². The second kappa shape index (κ2) is 26.5. The molecule has 21 heteroatoms. The Bertz CT molecular complexity index is 3910. The minimum Gasteiger partial charge on any atom is -0.493 e. The number of hydrogen-bond acceptors (Lipinski definition) is 14. The Morgan fingerprint density at radius 3 is 1.37 bits per heavy atom. The summed E-state index contributed by atoms with van der Waals surface area (Å²) < 4.78 is 110. The van der Waals surface area contributed by atoms with E-state index in [1.165, 1.54) is 36.9 Å². The van der Waals surface area contributed by atoms with E-state index in [1.807, 2.05) is 12.1 Å². The van der Waals surface area contributed by atoms with Gasteiger partial charge in [-0.05, 0) is 120 Å². The zero-order valence-electron chi connectivity index (χ0n) is 44.5. The molecule has 0 aliphatic rings. The lowest BCUT2D eigenvalue weighted by Gasteiger charge is -2.13. The molecule has 0 aliphatic carbocycles. The highest BCUT2D eigenvalue weighted by molar-refractivity contribution is 6.34. The number of methoxy groups -OCH3 is 4. The lowest BCUT2D eigenvalue weighted by Crippen LogP contribution is -2.09. The van der Waals surface area contributed by atoms with Gasteiger partial charge in [-0.15, -0.1) is 0 Å². The van der Waals surface area contributed by atoms with E-state index < -0.39 is 35.0 Å². The Balaban J connectivity index is 0.000000182. The maximum absolute atomic E-state index is 13.0. The van der Waals surface area contributed by atoms with E-state index in [2.05, 4.69) is 25.3 Å². The smallest absolute Gasteiger partial charge is 0.416 e. The van der Waals surface area contributed by atoms with Gasteiger partial charge in [0.15, 0.2) is 34.6 Å². The molecule has 14 nitrogen and oxygen atoms in total. The van der Waals surface area contributed by atoms with Crippen LogP contribution in [0, 0.1) is 0 Å². The molecule has 0 spiro atoms. The lowest BCUT2D eigenvalue weighted by molar-refractivity contribution is -0.138. The van der Waals surface area contributed by atoms with E-state index >= 15 is 0 Å². The highest BCUT2D eigenvalue weighted by Gasteiger charge is 2.32. The van der Waals surface area contributed by atoms with E-state index in [4.69, 9.17) is 45.8 Å². The fourth-order valence-electron chi connectivity index (χ4n) is 8.14. The summed E-state index contributed by atoms with van der Waals surface area (Å²) in [5, 5.41) is 5.18. The first-order chi connectivity index (χ1) is 39.8. The number of carbonyl (C=O) groups is 2. The molecule has 10 aromatic rings. The third-order valence-electron chi connectivity index (χ3n) is 12.3. The normalized spacial score (nSPS) is 11.1. The van der Waals surface area contributed by atoms with Gasteiger partial charge >= 0.3 is 12.4 Å². The van der Waals surface area contributed by atoms with Crippen molar-refractivity contribution in [3.05, 3.63) is 221 Å². The molecule has 0 saturated heterocycles. The van der Waals surface area contributed by atoms with Crippen LogP contribution in [-0.4, -0.2) is 59.9 Å². The van der Waals surface area contributed by atoms with Crippen molar-refractivity contribution >= 4 is 62.2 Å². The van der Waals surface area contributed by atoms with Gasteiger partial charge in [-0.1, -0.05) is 60.1 Å². The van der Waals surface area contributed by atoms with Gasteiger partial charge in [-0.3, -0.25) is 9.59 Å². The van der Waals surface area contributed by atoms with Gasteiger partial charge in [0, 0.05) is 58.2 Å². The van der Waals surface area contributed by atoms with Crippen molar-refractivity contribution in [2.75, 3.05) is 39.5 Å². The number of nitrogen functional groups attached to an aromatic ring is 1. The molecule has 10 rings (SSSR count). The highest BCUT2D eigenvalue weighted by atomic mass is 35.5. The molecule has 0 fully saturated rings. The number of ketones is 2. The van der Waals surface area contributed by atoms with E-state index in [0.717, 1.165) is 46.2 Å². The molecule has 2 heterocycles. The molecule has 0 amide bonds. The minimum absolute atomic E-state index is 0.00304. The van der Waals surface area contributed by atoms with Gasteiger partial charge in [-0.2, -0.15) is 26.3 Å². The molecule has 0 atom stereocenters. The Kier molecular flexibility index (Phi) is 18.9. The van der Waals surface area contributed by atoms with E-state index in [-0.39, 0.29) is 24.0 Å². The van der Waals surface area contributed by atoms with Crippen molar-refractivity contribution in [3.63, 3.8) is 0 Å². The maximum Gasteiger partial charge on any atom is 0.416 e. The summed E-state index contributed by atoms with van der Waals surface area (Å²) in [5.74, 6) is 4.28. The molecule has 0 unspecified atom stereocenters. The van der Waals surface area contributed by atoms with Crippen molar-refractivity contribution in [1.29, 1.82) is 0 Å². The van der Waals surface area contributed by atoms with E-state index in [1.54, 1.807) is 138 Å². The summed E-state index contributed by atoms with van der Waals surface area (Å²) in [5.41, 5.74) is 8.01. The van der Waals surface area contributed by atoms with Crippen molar-refractivity contribution < 1.29 is 64.4 Å². The highest BCUT2D eigenvalue weighted by Crippen LogP contribution is 2.37. The number of anilines is 3. The molecule has 0 radical (unpaired) electrons. The first-order valence-corrected chi connectivity index (χ1v) is 25.2. The second-order valence-electron chi connectivity index (χ2n) is 17.9. The van der Waals surface area contributed by atoms with Crippen molar-refractivity contribution in [2.45, 2.75) is 25.2 Å². The van der Waals surface area contributed by atoms with Crippen molar-refractivity contribution in [1.82, 2.24) is 19.9 Å². The number of rotatable bonds is 16. The maximum atomic E-state index is 13.0. The van der Waals surface area contributed by atoms with Crippen LogP contribution in [0.5, 0.6) is 46.0 Å². The number of fused-ring (bicyclic) bond motifs is 2. The van der Waals surface area contributed by atoms with Crippen molar-refractivity contribution in [3.8, 4) is 46.0 Å². The molecule has 0 aliphatic heterocycles. The molecular weight excluding hydrogens is 1110 g/mol. The molecular formula is C62H49ClF6N6O8. The average Bonchev–Trinajstić information content (AvgIpc) is 3.61. The van der Waals surface area contributed by atoms with Crippen LogP contribution in [0.1, 0.15) is 43.0 Å². The number of halogens is 7. The fourth-order valence-corrected chi connectivity index (χ4v) is 8.33. The Morgan fingerprint density at radius 1 is 0.482 bits per heavy atom. The van der Waals surface area contributed by atoms with Gasteiger partial charge in [0.1, 0.15) is 46.6 Å². The average molecular weight is 1160 g/mol. The molecule has 8 aromatic carbocycles. The largest absolute Gasteiger partial charge is 0.493 e. The number of benzene rings is 8. The number of hydrogen-bond donors (Lipinski definition) is 2. The topological polar surface area (TPSA) is 179 Å². The summed E-state index contributed by atoms with van der Waals surface area (Å²) in [6, 6.07) is 43.7. The molecule has 83 heavy (non-hydrogen) atoms. The standard InChI is InChI=1S/C31H24F3N3O4.C21H16F3NO2.C10H9ClN2O2/c1-39-28-16-25-26(17-29(28)40-2)35-18-36-30(25)37-22-9-11-23(12-10-22)41-24-8-3-5-19(13-24)14-27(38)20-6-4-7-21(15-20)31(32,33)34;22-21(23,24)16-5-2-4-15(13-16)20(26)12-14-3-1-6-19(11-14)27-18-9-7-17(25)8-10-18;1-14-8-3-6-7(4-9(8)15-2)12-5-13-10(6)11/h3-13,15-18H,14H2,1-2H3,(H,35,36,37);1-11,13H,12,25H2;3-5H,1-2H3. The van der Waals surface area contributed by atoms with Gasteiger partial charge in [0.25, 0.3) is 0 Å². The van der Waals surface area contributed by atoms with Crippen LogP contribution >= 0.6 is 11.6 Å². The number of ether oxygens (including phenoxy) is 6. The van der Waals surface area contributed by atoms with Crippen LogP contribution in [0.3, 0.4) is 0 Å². The number of Topliss-reactive ketones (excluding diaryl/α,β-unsaturated/α-hetero) is 2. The molecule has 424 valence electrons. The lowest BCUT2D eigenvalue weighted by atomic mass is 10.0. The second-order valence-corrected chi connectivity index (χ2v) is 18.3. The van der Waals surface area contributed by atoms with Crippen LogP contribution in [0.15, 0.2) is 183 Å². The van der Waals surface area contributed by atoms with E-state index in [0.29, 0.717) is 79.3 Å². The fraction of sp³-hybridized carbons (Fsp3) is 0.129. The summed E-state index contributed by atoms with van der Waals surface area (Å²) in [6.07, 6.45) is -6.22. The van der Waals surface area contributed by atoms with Gasteiger partial charge in [0.05, 0.1) is 50.6 Å². The van der Waals surface area contributed by atoms with Crippen LogP contribution < -0.4 is 39.5 Å². The number of alkyl halides is 6. The molecule has 3 N–H and O–H groups in total. The van der Waals surface area contributed by atoms with Crippen molar-refractivity contribution in [2.24, 2.45) is 0 Å². The van der Waals surface area contributed by atoms with Gasteiger partial charge in [-0.25, -0.2) is 19.9 Å². The summed E-state index contributed by atoms with van der Waals surface area (Å²) in [6.45, 7) is 0. The van der Waals surface area contributed by atoms with Gasteiger partial charge in [0.2, 0.25) is 0 Å². The summed E-state index contributed by atoms with van der Waals surface area (Å²) in [4.78, 5) is 41.7. The summed E-state index contributed by atoms with van der Waals surface area (Å²) >= 11 is 5.93. The number of nitrogens with one attached hydrogen (secondary N) is 1. The monoisotopic (exact) mass is 1150 g/mol. The molecule has 0 saturated carbocycles. The summed E-state index contributed by atoms with van der Waals surface area (Å²) in [7, 11) is 6.27. The van der Waals surface area contributed by atoms with E-state index in [9.17, 15) is 35.9 Å². The Morgan fingerprint density at radius 2 is 0.904 bits per heavy atom. The quantitative estimate of drug-likeness (QED) is 0.0404. The molecule has 2 aromatic heterocycles. The van der Waals surface area contributed by atoms with Gasteiger partial charge < -0.3 is 39.5 Å².